The van der Waals surface area contributed by atoms with Gasteiger partial charge >= 0.3 is 5.97 Å². The van der Waals surface area contributed by atoms with E-state index in [1.807, 2.05) is 30.3 Å². The molecule has 2 aliphatic rings. The molecule has 1 saturated heterocycles. The van der Waals surface area contributed by atoms with E-state index in [2.05, 4.69) is 6.07 Å². The minimum atomic E-state index is -1.38. The molecule has 0 spiro atoms. The van der Waals surface area contributed by atoms with Crippen LogP contribution in [0.5, 0.6) is 0 Å². The number of nitriles is 1. The minimum Gasteiger partial charge on any atom is -0.462 e. The van der Waals surface area contributed by atoms with Gasteiger partial charge in [-0.2, -0.15) is 5.26 Å². The summed E-state index contributed by atoms with van der Waals surface area (Å²) in [6.45, 7) is 5.09. The summed E-state index contributed by atoms with van der Waals surface area (Å²) < 4.78 is 5.18. The third kappa shape index (κ3) is 3.37. The van der Waals surface area contributed by atoms with Crippen molar-refractivity contribution in [3.8, 4) is 6.07 Å². The quantitative estimate of drug-likeness (QED) is 0.743. The molecule has 5 nitrogen and oxygen atoms in total. The first-order valence-electron chi connectivity index (χ1n) is 9.33. The van der Waals surface area contributed by atoms with Crippen LogP contribution in [0.3, 0.4) is 0 Å². The highest BCUT2D eigenvalue weighted by molar-refractivity contribution is 8.04. The van der Waals surface area contributed by atoms with Crippen molar-refractivity contribution in [2.45, 2.75) is 32.6 Å². The molecular formula is C21H24N2O3S. The summed E-state index contributed by atoms with van der Waals surface area (Å²) in [5.74, 6) is -0.445. The molecule has 2 unspecified atom stereocenters. The van der Waals surface area contributed by atoms with Gasteiger partial charge in [-0.25, -0.2) is 4.79 Å². The van der Waals surface area contributed by atoms with Crippen LogP contribution in [-0.4, -0.2) is 42.2 Å². The maximum absolute atomic E-state index is 13.6. The number of rotatable bonds is 4. The number of benzene rings is 1. The maximum Gasteiger partial charge on any atom is 0.344 e. The van der Waals surface area contributed by atoms with Crippen LogP contribution >= 0.6 is 11.8 Å². The van der Waals surface area contributed by atoms with Gasteiger partial charge in [0.05, 0.1) is 17.6 Å². The van der Waals surface area contributed by atoms with Crippen LogP contribution in [-0.2, 0) is 14.3 Å². The zero-order valence-corrected chi connectivity index (χ0v) is 16.6. The molecule has 2 aliphatic heterocycles. The smallest absolute Gasteiger partial charge is 0.344 e. The van der Waals surface area contributed by atoms with Gasteiger partial charge in [0.2, 0.25) is 5.91 Å². The summed E-state index contributed by atoms with van der Waals surface area (Å²) >= 11 is 1.38. The van der Waals surface area contributed by atoms with Gasteiger partial charge in [-0.3, -0.25) is 4.79 Å². The molecule has 0 aromatic heterocycles. The number of carbonyl (C=O) groups excluding carboxylic acids is 2. The van der Waals surface area contributed by atoms with E-state index >= 15 is 0 Å². The maximum atomic E-state index is 13.6. The molecule has 3 rings (SSSR count). The van der Waals surface area contributed by atoms with E-state index in [1.54, 1.807) is 18.7 Å². The second-order valence-electron chi connectivity index (χ2n) is 6.87. The lowest BCUT2D eigenvalue weighted by molar-refractivity contribution is -0.138. The number of carbonyl (C=O) groups is 2. The second-order valence-corrected chi connectivity index (χ2v) is 7.90. The topological polar surface area (TPSA) is 70.4 Å². The lowest BCUT2D eigenvalue weighted by atomic mass is 9.67. The Labute approximate surface area is 164 Å². The van der Waals surface area contributed by atoms with Crippen LogP contribution in [0.2, 0.25) is 0 Å². The van der Waals surface area contributed by atoms with Crippen LogP contribution < -0.4 is 0 Å². The van der Waals surface area contributed by atoms with E-state index in [0.29, 0.717) is 29.3 Å². The van der Waals surface area contributed by atoms with Crippen molar-refractivity contribution in [3.63, 3.8) is 0 Å². The first-order chi connectivity index (χ1) is 13.1. The molecule has 142 valence electrons. The van der Waals surface area contributed by atoms with E-state index < -0.39 is 11.4 Å². The Morgan fingerprint density at radius 3 is 2.56 bits per heavy atom. The Morgan fingerprint density at radius 2 is 1.96 bits per heavy atom. The number of ether oxygens (including phenoxy) is 1. The van der Waals surface area contributed by atoms with Gasteiger partial charge in [0, 0.05) is 24.8 Å². The molecule has 2 atom stereocenters. The Balaban J connectivity index is 2.14. The zero-order chi connectivity index (χ0) is 19.4. The minimum absolute atomic E-state index is 0.184. The molecule has 1 amide bonds. The molecule has 2 heterocycles. The Kier molecular flexibility index (Phi) is 5.91. The predicted molar refractivity (Wildman–Crippen MR) is 105 cm³/mol. The van der Waals surface area contributed by atoms with Crippen molar-refractivity contribution in [1.29, 1.82) is 5.26 Å². The molecule has 0 saturated carbocycles. The van der Waals surface area contributed by atoms with E-state index in [1.165, 1.54) is 11.8 Å². The van der Waals surface area contributed by atoms with Crippen LogP contribution in [0, 0.1) is 16.7 Å². The van der Waals surface area contributed by atoms with Crippen molar-refractivity contribution in [1.82, 2.24) is 4.90 Å². The van der Waals surface area contributed by atoms with Gasteiger partial charge in [0.1, 0.15) is 0 Å². The third-order valence-electron chi connectivity index (χ3n) is 5.42. The van der Waals surface area contributed by atoms with Crippen molar-refractivity contribution in [3.05, 3.63) is 46.4 Å². The molecule has 0 radical (unpaired) electrons. The van der Waals surface area contributed by atoms with Crippen LogP contribution in [0.25, 0.3) is 0 Å². The van der Waals surface area contributed by atoms with Crippen molar-refractivity contribution in [2.75, 3.05) is 25.4 Å². The number of nitrogens with zero attached hydrogens (tertiary/aromatic N) is 2. The van der Waals surface area contributed by atoms with Crippen molar-refractivity contribution < 1.29 is 14.3 Å². The Bertz CT molecular complexity index is 793. The highest BCUT2D eigenvalue weighted by atomic mass is 32.2. The van der Waals surface area contributed by atoms with Gasteiger partial charge in [-0.15, -0.1) is 11.8 Å². The summed E-state index contributed by atoms with van der Waals surface area (Å²) in [5, 5.41) is 10.3. The van der Waals surface area contributed by atoms with E-state index in [-0.39, 0.29) is 18.4 Å². The molecule has 0 N–H and O–H groups in total. The number of hydrogen-bond acceptors (Lipinski definition) is 5. The fourth-order valence-corrected chi connectivity index (χ4v) is 5.30. The molecule has 27 heavy (non-hydrogen) atoms. The van der Waals surface area contributed by atoms with Crippen molar-refractivity contribution >= 4 is 23.6 Å². The molecule has 0 aliphatic carbocycles. The Morgan fingerprint density at radius 1 is 1.30 bits per heavy atom. The molecule has 1 aromatic rings. The van der Waals surface area contributed by atoms with Gasteiger partial charge in [-0.1, -0.05) is 30.3 Å². The summed E-state index contributed by atoms with van der Waals surface area (Å²) in [4.78, 5) is 28.2. The third-order valence-corrected chi connectivity index (χ3v) is 6.68. The summed E-state index contributed by atoms with van der Waals surface area (Å²) in [6, 6.07) is 12.0. The van der Waals surface area contributed by atoms with E-state index in [9.17, 15) is 14.9 Å². The van der Waals surface area contributed by atoms with Gasteiger partial charge in [-0.05, 0) is 37.8 Å². The van der Waals surface area contributed by atoms with Crippen LogP contribution in [0.15, 0.2) is 40.8 Å². The number of amides is 1. The molecule has 1 aromatic carbocycles. The first kappa shape index (κ1) is 19.5. The fraction of sp³-hybridized carbons (Fsp3) is 0.476. The standard InChI is InChI=1S/C21H24N2O3S/c1-3-26-19(24)18-15(2)21(14-22,20(25)23-11-7-8-12-23)17(13-27-18)16-9-5-4-6-10-16/h4-6,9-10,17H,3,7-8,11-13H2,1-2H3. The van der Waals surface area contributed by atoms with Crippen molar-refractivity contribution in [2.24, 2.45) is 5.41 Å². The summed E-state index contributed by atoms with van der Waals surface area (Å²) in [7, 11) is 0. The summed E-state index contributed by atoms with van der Waals surface area (Å²) in [6.07, 6.45) is 1.90. The van der Waals surface area contributed by atoms with Crippen LogP contribution in [0.1, 0.15) is 38.2 Å². The van der Waals surface area contributed by atoms with Crippen LogP contribution in [0.4, 0.5) is 0 Å². The lowest BCUT2D eigenvalue weighted by Crippen LogP contribution is -2.49. The van der Waals surface area contributed by atoms with Gasteiger partial charge in [0.15, 0.2) is 5.41 Å². The highest BCUT2D eigenvalue weighted by Crippen LogP contribution is 2.52. The van der Waals surface area contributed by atoms with Gasteiger partial charge < -0.3 is 9.64 Å². The lowest BCUT2D eigenvalue weighted by Gasteiger charge is -2.41. The van der Waals surface area contributed by atoms with E-state index in [0.717, 1.165) is 18.4 Å². The van der Waals surface area contributed by atoms with E-state index in [4.69, 9.17) is 4.74 Å². The fourth-order valence-electron chi connectivity index (χ4n) is 3.97. The highest BCUT2D eigenvalue weighted by Gasteiger charge is 2.54. The number of thioether (sulfide) groups is 1. The normalized spacial score (nSPS) is 25.2. The monoisotopic (exact) mass is 384 g/mol. The SMILES string of the molecule is CCOC(=O)C1=C(C)C(C#N)(C(=O)N2CCCC2)C(c2ccccc2)CS1. The average molecular weight is 385 g/mol. The number of likely N-dealkylation sites (tertiary alicyclic amines) is 1. The number of hydrogen-bond donors (Lipinski definition) is 0. The average Bonchev–Trinajstić information content (AvgIpc) is 3.23. The largest absolute Gasteiger partial charge is 0.462 e. The molecule has 1 fully saturated rings. The summed E-state index contributed by atoms with van der Waals surface area (Å²) in [5.41, 5.74) is 0.0887. The molecule has 6 heteroatoms. The molecular weight excluding hydrogens is 360 g/mol. The number of esters is 1. The second kappa shape index (κ2) is 8.18. The first-order valence-corrected chi connectivity index (χ1v) is 10.3. The Hall–Kier alpha value is -2.26. The zero-order valence-electron chi connectivity index (χ0n) is 15.7. The van der Waals surface area contributed by atoms with Gasteiger partial charge in [0.25, 0.3) is 0 Å². The predicted octanol–water partition coefficient (Wildman–Crippen LogP) is 3.49. The molecule has 0 bridgehead atoms.